The number of amides is 1. The van der Waals surface area contributed by atoms with Crippen LogP contribution < -0.4 is 5.32 Å². The van der Waals surface area contributed by atoms with Crippen molar-refractivity contribution in [1.82, 2.24) is 0 Å². The Morgan fingerprint density at radius 1 is 1.14 bits per heavy atom. The van der Waals surface area contributed by atoms with E-state index >= 15 is 0 Å². The maximum absolute atomic E-state index is 13.3. The van der Waals surface area contributed by atoms with Crippen LogP contribution in [0.15, 0.2) is 42.5 Å². The fraction of sp³-hybridized carbons (Fsp3) is 0.118. The highest BCUT2D eigenvalue weighted by Gasteiger charge is 2.16. The van der Waals surface area contributed by atoms with E-state index in [0.29, 0.717) is 10.6 Å². The van der Waals surface area contributed by atoms with Crippen molar-refractivity contribution in [1.29, 1.82) is 0 Å². The number of carbonyl (C=O) groups excluding carboxylic acids is 1. The molecular formula is C17H14FNOS. The van der Waals surface area contributed by atoms with Crippen LogP contribution in [0.25, 0.3) is 10.1 Å². The van der Waals surface area contributed by atoms with E-state index in [4.69, 9.17) is 0 Å². The van der Waals surface area contributed by atoms with Crippen molar-refractivity contribution in [3.63, 3.8) is 0 Å². The number of fused-ring (bicyclic) bond motifs is 1. The number of anilines is 1. The van der Waals surface area contributed by atoms with Crippen molar-refractivity contribution in [2.24, 2.45) is 0 Å². The molecule has 1 N–H and O–H groups in total. The quantitative estimate of drug-likeness (QED) is 0.715. The third-order valence-electron chi connectivity index (χ3n) is 3.50. The van der Waals surface area contributed by atoms with E-state index < -0.39 is 0 Å². The predicted molar refractivity (Wildman–Crippen MR) is 85.7 cm³/mol. The van der Waals surface area contributed by atoms with E-state index in [0.717, 1.165) is 21.2 Å². The summed E-state index contributed by atoms with van der Waals surface area (Å²) >= 11 is 1.46. The van der Waals surface area contributed by atoms with Crippen molar-refractivity contribution in [3.05, 3.63) is 64.3 Å². The van der Waals surface area contributed by atoms with Gasteiger partial charge >= 0.3 is 0 Å². The number of carbonyl (C=O) groups is 1. The standard InChI is InChI=1S/C17H14FNOS/c1-10-7-8-12(18)9-14(10)19-17(20)16-11(2)13-5-3-4-6-15(13)21-16/h3-9H,1-2H3,(H,19,20). The second-order valence-electron chi connectivity index (χ2n) is 4.97. The zero-order chi connectivity index (χ0) is 15.0. The van der Waals surface area contributed by atoms with Gasteiger partial charge in [-0.1, -0.05) is 24.3 Å². The molecule has 0 bridgehead atoms. The molecule has 2 aromatic carbocycles. The second-order valence-corrected chi connectivity index (χ2v) is 6.02. The number of halogens is 1. The average molecular weight is 299 g/mol. The lowest BCUT2D eigenvalue weighted by Crippen LogP contribution is -2.12. The molecular weight excluding hydrogens is 285 g/mol. The Bertz CT molecular complexity index is 838. The summed E-state index contributed by atoms with van der Waals surface area (Å²) in [5, 5.41) is 3.89. The van der Waals surface area contributed by atoms with Crippen LogP contribution >= 0.6 is 11.3 Å². The van der Waals surface area contributed by atoms with E-state index in [1.54, 1.807) is 6.07 Å². The minimum atomic E-state index is -0.357. The van der Waals surface area contributed by atoms with Gasteiger partial charge < -0.3 is 5.32 Å². The fourth-order valence-corrected chi connectivity index (χ4v) is 3.40. The number of benzene rings is 2. The molecule has 4 heteroatoms. The lowest BCUT2D eigenvalue weighted by atomic mass is 10.1. The summed E-state index contributed by atoms with van der Waals surface area (Å²) in [6, 6.07) is 12.3. The molecule has 3 rings (SSSR count). The van der Waals surface area contributed by atoms with Gasteiger partial charge in [-0.2, -0.15) is 0 Å². The van der Waals surface area contributed by atoms with Crippen LogP contribution in [-0.2, 0) is 0 Å². The van der Waals surface area contributed by atoms with Gasteiger partial charge in [-0.05, 0) is 48.6 Å². The lowest BCUT2D eigenvalue weighted by Gasteiger charge is -2.08. The first-order chi connectivity index (χ1) is 10.1. The van der Waals surface area contributed by atoms with Gasteiger partial charge in [0.1, 0.15) is 5.82 Å². The van der Waals surface area contributed by atoms with Gasteiger partial charge in [-0.25, -0.2) is 4.39 Å². The molecule has 0 aliphatic carbocycles. The van der Waals surface area contributed by atoms with Crippen LogP contribution in [-0.4, -0.2) is 5.91 Å². The highest BCUT2D eigenvalue weighted by molar-refractivity contribution is 7.21. The number of hydrogen-bond acceptors (Lipinski definition) is 2. The molecule has 0 radical (unpaired) electrons. The number of hydrogen-bond donors (Lipinski definition) is 1. The van der Waals surface area contributed by atoms with Crippen LogP contribution in [0.2, 0.25) is 0 Å². The van der Waals surface area contributed by atoms with E-state index in [2.05, 4.69) is 5.32 Å². The molecule has 0 aliphatic rings. The Morgan fingerprint density at radius 2 is 1.90 bits per heavy atom. The molecule has 1 aromatic heterocycles. The summed E-state index contributed by atoms with van der Waals surface area (Å²) < 4.78 is 14.4. The first kappa shape index (κ1) is 13.8. The normalized spacial score (nSPS) is 10.8. The molecule has 2 nitrogen and oxygen atoms in total. The Hall–Kier alpha value is -2.20. The Balaban J connectivity index is 1.97. The maximum Gasteiger partial charge on any atom is 0.266 e. The van der Waals surface area contributed by atoms with Gasteiger partial charge in [0.25, 0.3) is 5.91 Å². The lowest BCUT2D eigenvalue weighted by molar-refractivity contribution is 0.103. The molecule has 0 spiro atoms. The van der Waals surface area contributed by atoms with E-state index in [9.17, 15) is 9.18 Å². The fourth-order valence-electron chi connectivity index (χ4n) is 2.30. The first-order valence-corrected chi connectivity index (χ1v) is 7.43. The van der Waals surface area contributed by atoms with Gasteiger partial charge in [-0.15, -0.1) is 11.3 Å². The first-order valence-electron chi connectivity index (χ1n) is 6.62. The monoisotopic (exact) mass is 299 g/mol. The Labute approximate surface area is 126 Å². The van der Waals surface area contributed by atoms with Gasteiger partial charge in [0.2, 0.25) is 0 Å². The van der Waals surface area contributed by atoms with Crippen molar-refractivity contribution in [2.45, 2.75) is 13.8 Å². The van der Waals surface area contributed by atoms with Crippen molar-refractivity contribution >= 4 is 33.0 Å². The Morgan fingerprint density at radius 3 is 2.67 bits per heavy atom. The molecule has 106 valence electrons. The SMILES string of the molecule is Cc1ccc(F)cc1NC(=O)c1sc2ccccc2c1C. The third-order valence-corrected chi connectivity index (χ3v) is 4.77. The van der Waals surface area contributed by atoms with E-state index in [1.165, 1.54) is 23.5 Å². The molecule has 3 aromatic rings. The number of aryl methyl sites for hydroxylation is 2. The molecule has 0 saturated carbocycles. The van der Waals surface area contributed by atoms with Gasteiger partial charge in [0.15, 0.2) is 0 Å². The van der Waals surface area contributed by atoms with Gasteiger partial charge in [0.05, 0.1) is 4.88 Å². The van der Waals surface area contributed by atoms with Crippen molar-refractivity contribution < 1.29 is 9.18 Å². The summed E-state index contributed by atoms with van der Waals surface area (Å²) in [5.41, 5.74) is 2.31. The van der Waals surface area contributed by atoms with Gasteiger partial charge in [0, 0.05) is 10.4 Å². The molecule has 0 saturated heterocycles. The largest absolute Gasteiger partial charge is 0.321 e. The smallest absolute Gasteiger partial charge is 0.266 e. The van der Waals surface area contributed by atoms with E-state index in [1.807, 2.05) is 38.1 Å². The average Bonchev–Trinajstić information content (AvgIpc) is 2.81. The second kappa shape index (κ2) is 5.30. The van der Waals surface area contributed by atoms with Crippen molar-refractivity contribution in [3.8, 4) is 0 Å². The topological polar surface area (TPSA) is 29.1 Å². The van der Waals surface area contributed by atoms with Crippen LogP contribution in [0.4, 0.5) is 10.1 Å². The summed E-state index contributed by atoms with van der Waals surface area (Å²) in [5.74, 6) is -0.550. The number of nitrogens with one attached hydrogen (secondary N) is 1. The van der Waals surface area contributed by atoms with Gasteiger partial charge in [-0.3, -0.25) is 4.79 Å². The minimum Gasteiger partial charge on any atom is -0.321 e. The van der Waals surface area contributed by atoms with E-state index in [-0.39, 0.29) is 11.7 Å². The predicted octanol–water partition coefficient (Wildman–Crippen LogP) is 4.91. The molecule has 1 amide bonds. The van der Waals surface area contributed by atoms with Crippen LogP contribution in [0.3, 0.4) is 0 Å². The van der Waals surface area contributed by atoms with Crippen molar-refractivity contribution in [2.75, 3.05) is 5.32 Å². The number of thiophene rings is 1. The maximum atomic E-state index is 13.3. The third kappa shape index (κ3) is 2.54. The summed E-state index contributed by atoms with van der Waals surface area (Å²) in [4.78, 5) is 13.1. The van der Waals surface area contributed by atoms with Crippen LogP contribution in [0.5, 0.6) is 0 Å². The molecule has 0 unspecified atom stereocenters. The number of rotatable bonds is 2. The minimum absolute atomic E-state index is 0.192. The van der Waals surface area contributed by atoms with Crippen LogP contribution in [0.1, 0.15) is 20.8 Å². The zero-order valence-electron chi connectivity index (χ0n) is 11.7. The molecule has 21 heavy (non-hydrogen) atoms. The zero-order valence-corrected chi connectivity index (χ0v) is 12.6. The molecule has 0 aliphatic heterocycles. The molecule has 0 fully saturated rings. The van der Waals surface area contributed by atoms with Crippen LogP contribution in [0, 0.1) is 19.7 Å². The highest BCUT2D eigenvalue weighted by Crippen LogP contribution is 2.31. The Kier molecular flexibility index (Phi) is 3.47. The molecule has 0 atom stereocenters. The summed E-state index contributed by atoms with van der Waals surface area (Å²) in [6.07, 6.45) is 0. The summed E-state index contributed by atoms with van der Waals surface area (Å²) in [7, 11) is 0. The molecule has 1 heterocycles. The summed E-state index contributed by atoms with van der Waals surface area (Å²) in [6.45, 7) is 3.78. The highest BCUT2D eigenvalue weighted by atomic mass is 32.1.